The second-order valence-corrected chi connectivity index (χ2v) is 5.30. The van der Waals surface area contributed by atoms with Crippen molar-refractivity contribution in [3.8, 4) is 0 Å². The van der Waals surface area contributed by atoms with Crippen LogP contribution >= 0.6 is 0 Å². The zero-order valence-electron chi connectivity index (χ0n) is 13.0. The Balaban J connectivity index is 2.64. The average Bonchev–Trinajstić information content (AvgIpc) is 2.55. The Labute approximate surface area is 126 Å². The summed E-state index contributed by atoms with van der Waals surface area (Å²) in [7, 11) is 4.56. The molecule has 1 unspecified atom stereocenters. The molecule has 0 radical (unpaired) electrons. The molecule has 0 aromatic carbocycles. The first-order valence-corrected chi connectivity index (χ1v) is 6.82. The van der Waals surface area contributed by atoms with Gasteiger partial charge in [0.05, 0.1) is 10.9 Å². The molecule has 8 heteroatoms. The van der Waals surface area contributed by atoms with Gasteiger partial charge < -0.3 is 10.6 Å². The molecular formula is C14H19N5O3. The highest BCUT2D eigenvalue weighted by Gasteiger charge is 2.19. The van der Waals surface area contributed by atoms with Crippen molar-refractivity contribution in [2.45, 2.75) is 13.0 Å². The molecule has 2 aromatic rings. The van der Waals surface area contributed by atoms with E-state index in [4.69, 9.17) is 5.73 Å². The number of amides is 1. The fraction of sp³-hybridized carbons (Fsp3) is 0.429. The first-order valence-electron chi connectivity index (χ1n) is 6.82. The van der Waals surface area contributed by atoms with Gasteiger partial charge >= 0.3 is 5.69 Å². The van der Waals surface area contributed by atoms with Gasteiger partial charge in [0.2, 0.25) is 0 Å². The minimum atomic E-state index is -0.477. The van der Waals surface area contributed by atoms with Crippen molar-refractivity contribution < 1.29 is 4.79 Å². The maximum Gasteiger partial charge on any atom is 0.332 e. The summed E-state index contributed by atoms with van der Waals surface area (Å²) in [6.45, 7) is 2.16. The molecule has 2 heterocycles. The number of hydrogen-bond acceptors (Lipinski definition) is 5. The maximum absolute atomic E-state index is 12.4. The molecule has 2 aromatic heterocycles. The van der Waals surface area contributed by atoms with Crippen LogP contribution in [-0.4, -0.2) is 44.6 Å². The Morgan fingerprint density at radius 1 is 1.36 bits per heavy atom. The van der Waals surface area contributed by atoms with E-state index in [-0.39, 0.29) is 28.5 Å². The molecule has 0 saturated heterocycles. The lowest BCUT2D eigenvalue weighted by Crippen LogP contribution is -2.40. The van der Waals surface area contributed by atoms with Gasteiger partial charge in [-0.15, -0.1) is 0 Å². The lowest BCUT2D eigenvalue weighted by atomic mass is 10.2. The quantitative estimate of drug-likeness (QED) is 0.787. The minimum Gasteiger partial charge on any atom is -0.338 e. The van der Waals surface area contributed by atoms with Crippen LogP contribution in [0.25, 0.3) is 11.0 Å². The summed E-state index contributed by atoms with van der Waals surface area (Å²) in [4.78, 5) is 42.0. The third kappa shape index (κ3) is 2.41. The molecule has 0 saturated carbocycles. The second kappa shape index (κ2) is 5.72. The Kier molecular flexibility index (Phi) is 4.14. The molecule has 0 aliphatic carbocycles. The Morgan fingerprint density at radius 3 is 2.59 bits per heavy atom. The predicted molar refractivity (Wildman–Crippen MR) is 82.8 cm³/mol. The van der Waals surface area contributed by atoms with Crippen molar-refractivity contribution in [2.24, 2.45) is 19.8 Å². The number of rotatable bonds is 3. The maximum atomic E-state index is 12.4. The van der Waals surface area contributed by atoms with Crippen molar-refractivity contribution in [1.82, 2.24) is 19.0 Å². The number of carbonyl (C=O) groups is 1. The number of nitrogens with two attached hydrogens (primary N) is 1. The third-order valence-corrected chi connectivity index (χ3v) is 3.86. The van der Waals surface area contributed by atoms with Crippen molar-refractivity contribution in [3.05, 3.63) is 38.7 Å². The van der Waals surface area contributed by atoms with Gasteiger partial charge in [0, 0.05) is 39.9 Å². The molecule has 0 spiro atoms. The Morgan fingerprint density at radius 2 is 2.00 bits per heavy atom. The second-order valence-electron chi connectivity index (χ2n) is 5.30. The largest absolute Gasteiger partial charge is 0.338 e. The molecule has 118 valence electrons. The summed E-state index contributed by atoms with van der Waals surface area (Å²) in [5.41, 5.74) is 5.15. The van der Waals surface area contributed by atoms with Crippen LogP contribution in [0.2, 0.25) is 0 Å². The summed E-state index contributed by atoms with van der Waals surface area (Å²) in [5, 5.41) is 0.226. The van der Waals surface area contributed by atoms with Crippen molar-refractivity contribution >= 4 is 16.9 Å². The average molecular weight is 305 g/mol. The zero-order valence-corrected chi connectivity index (χ0v) is 13.0. The van der Waals surface area contributed by atoms with Crippen molar-refractivity contribution in [1.29, 1.82) is 0 Å². The Hall–Kier alpha value is -2.48. The van der Waals surface area contributed by atoms with Crippen LogP contribution in [0.1, 0.15) is 17.3 Å². The normalized spacial score (nSPS) is 12.4. The third-order valence-electron chi connectivity index (χ3n) is 3.86. The topological polar surface area (TPSA) is 103 Å². The first kappa shape index (κ1) is 15.9. The lowest BCUT2D eigenvalue weighted by Gasteiger charge is -2.23. The van der Waals surface area contributed by atoms with Gasteiger partial charge in [-0.05, 0) is 13.0 Å². The highest BCUT2D eigenvalue weighted by molar-refractivity contribution is 5.96. The summed E-state index contributed by atoms with van der Waals surface area (Å²) < 4.78 is 2.27. The molecule has 22 heavy (non-hydrogen) atoms. The highest BCUT2D eigenvalue weighted by atomic mass is 16.2. The molecule has 0 aliphatic heterocycles. The van der Waals surface area contributed by atoms with E-state index in [9.17, 15) is 14.4 Å². The van der Waals surface area contributed by atoms with Gasteiger partial charge in [0.25, 0.3) is 11.5 Å². The number of aryl methyl sites for hydroxylation is 1. The number of hydrogen-bond donors (Lipinski definition) is 1. The van der Waals surface area contributed by atoms with E-state index in [2.05, 4.69) is 4.98 Å². The standard InChI is InChI=1S/C14H19N5O3/c1-8(6-15)17(2)12(20)9-5-10-11(16-7-9)18(3)14(22)19(4)13(10)21/h5,7-8H,6,15H2,1-4H3. The molecule has 2 rings (SSSR count). The SMILES string of the molecule is CC(CN)N(C)C(=O)c1cnc2c(c1)c(=O)n(C)c(=O)n2C. The number of aromatic nitrogens is 3. The van der Waals surface area contributed by atoms with E-state index in [1.165, 1.54) is 35.8 Å². The molecule has 1 amide bonds. The van der Waals surface area contributed by atoms with E-state index in [0.717, 1.165) is 4.57 Å². The van der Waals surface area contributed by atoms with E-state index < -0.39 is 11.2 Å². The number of nitrogens with zero attached hydrogens (tertiary/aromatic N) is 4. The molecule has 2 N–H and O–H groups in total. The van der Waals surface area contributed by atoms with E-state index in [1.807, 2.05) is 6.92 Å². The van der Waals surface area contributed by atoms with Crippen LogP contribution < -0.4 is 17.0 Å². The summed E-state index contributed by atoms with van der Waals surface area (Å²) >= 11 is 0. The van der Waals surface area contributed by atoms with Crippen LogP contribution in [0.5, 0.6) is 0 Å². The van der Waals surface area contributed by atoms with Gasteiger partial charge in [0.1, 0.15) is 5.65 Å². The first-order chi connectivity index (χ1) is 10.3. The fourth-order valence-corrected chi connectivity index (χ4v) is 2.14. The van der Waals surface area contributed by atoms with Gasteiger partial charge in [-0.3, -0.25) is 18.7 Å². The van der Waals surface area contributed by atoms with Crippen LogP contribution in [0.4, 0.5) is 0 Å². The van der Waals surface area contributed by atoms with Crippen LogP contribution in [0.3, 0.4) is 0 Å². The molecule has 0 bridgehead atoms. The van der Waals surface area contributed by atoms with Gasteiger partial charge in [-0.1, -0.05) is 0 Å². The summed E-state index contributed by atoms with van der Waals surface area (Å²) in [5.74, 6) is -0.275. The number of fused-ring (bicyclic) bond motifs is 1. The number of pyridine rings is 1. The van der Waals surface area contributed by atoms with Crippen LogP contribution in [-0.2, 0) is 14.1 Å². The molecule has 8 nitrogen and oxygen atoms in total. The Bertz CT molecular complexity index is 852. The molecule has 1 atom stereocenters. The van der Waals surface area contributed by atoms with E-state index in [0.29, 0.717) is 6.54 Å². The van der Waals surface area contributed by atoms with Gasteiger partial charge in [0.15, 0.2) is 0 Å². The number of likely N-dealkylation sites (N-methyl/N-ethyl adjacent to an activating group) is 1. The van der Waals surface area contributed by atoms with Crippen LogP contribution in [0.15, 0.2) is 21.9 Å². The van der Waals surface area contributed by atoms with Crippen molar-refractivity contribution in [3.63, 3.8) is 0 Å². The zero-order chi connectivity index (χ0) is 16.6. The fourth-order valence-electron chi connectivity index (χ4n) is 2.14. The van der Waals surface area contributed by atoms with Crippen LogP contribution in [0, 0.1) is 0 Å². The van der Waals surface area contributed by atoms with Gasteiger partial charge in [-0.25, -0.2) is 9.78 Å². The predicted octanol–water partition coefficient (Wildman–Crippen LogP) is -0.949. The molecule has 0 fully saturated rings. The summed E-state index contributed by atoms with van der Waals surface area (Å²) in [6, 6.07) is 1.33. The van der Waals surface area contributed by atoms with Gasteiger partial charge in [-0.2, -0.15) is 0 Å². The minimum absolute atomic E-state index is 0.133. The molecule has 0 aliphatic rings. The summed E-state index contributed by atoms with van der Waals surface area (Å²) in [6.07, 6.45) is 1.36. The monoisotopic (exact) mass is 305 g/mol. The highest BCUT2D eigenvalue weighted by Crippen LogP contribution is 2.10. The van der Waals surface area contributed by atoms with E-state index in [1.54, 1.807) is 7.05 Å². The molecular weight excluding hydrogens is 286 g/mol. The van der Waals surface area contributed by atoms with E-state index >= 15 is 0 Å². The lowest BCUT2D eigenvalue weighted by molar-refractivity contribution is 0.0748. The number of carbonyl (C=O) groups excluding carboxylic acids is 1. The smallest absolute Gasteiger partial charge is 0.332 e. The van der Waals surface area contributed by atoms with Crippen molar-refractivity contribution in [2.75, 3.05) is 13.6 Å².